The van der Waals surface area contributed by atoms with Crippen LogP contribution in [0.25, 0.3) is 27.7 Å². The largest absolute Gasteiger partial charge is 0.508 e. The Morgan fingerprint density at radius 2 is 1.68 bits per heavy atom. The Hall–Kier alpha value is -2.68. The van der Waals surface area contributed by atoms with Gasteiger partial charge in [-0.3, -0.25) is 0 Å². The van der Waals surface area contributed by atoms with Gasteiger partial charge in [-0.15, -0.1) is 0 Å². The van der Waals surface area contributed by atoms with Crippen molar-refractivity contribution in [3.63, 3.8) is 0 Å². The number of aliphatic hydroxyl groups is 1. The van der Waals surface area contributed by atoms with E-state index < -0.39 is 11.6 Å². The van der Waals surface area contributed by atoms with Gasteiger partial charge in [0.2, 0.25) is 0 Å². The van der Waals surface area contributed by atoms with Crippen LogP contribution in [0.1, 0.15) is 12.5 Å². The van der Waals surface area contributed by atoms with Crippen molar-refractivity contribution in [2.75, 3.05) is 0 Å². The average molecular weight is 296 g/mol. The van der Waals surface area contributed by atoms with E-state index in [0.717, 1.165) is 16.8 Å². The minimum atomic E-state index is -0.873. The number of hydrogen-bond donors (Lipinski definition) is 1. The van der Waals surface area contributed by atoms with Crippen molar-refractivity contribution in [2.24, 2.45) is 0 Å². The SMILES string of the molecule is CC=C(O)c1ccc2cccc(-c3cccc(F)c3F)c2c1. The molecule has 0 aromatic heterocycles. The highest BCUT2D eigenvalue weighted by atomic mass is 19.2. The fourth-order valence-corrected chi connectivity index (χ4v) is 2.55. The lowest BCUT2D eigenvalue weighted by molar-refractivity contribution is 0.511. The monoisotopic (exact) mass is 296 g/mol. The Morgan fingerprint density at radius 3 is 2.45 bits per heavy atom. The molecule has 0 aliphatic rings. The zero-order valence-corrected chi connectivity index (χ0v) is 12.0. The molecule has 0 atom stereocenters. The molecule has 22 heavy (non-hydrogen) atoms. The molecule has 0 radical (unpaired) electrons. The molecule has 0 heterocycles. The van der Waals surface area contributed by atoms with Crippen LogP contribution < -0.4 is 0 Å². The number of fused-ring (bicyclic) bond motifs is 1. The molecule has 0 bridgehead atoms. The Kier molecular flexibility index (Phi) is 3.63. The zero-order valence-electron chi connectivity index (χ0n) is 12.0. The van der Waals surface area contributed by atoms with Crippen LogP contribution in [0.3, 0.4) is 0 Å². The van der Waals surface area contributed by atoms with Crippen LogP contribution in [0.2, 0.25) is 0 Å². The van der Waals surface area contributed by atoms with Crippen LogP contribution in [0, 0.1) is 11.6 Å². The van der Waals surface area contributed by atoms with Crippen molar-refractivity contribution in [2.45, 2.75) is 6.92 Å². The molecule has 0 aliphatic heterocycles. The summed E-state index contributed by atoms with van der Waals surface area (Å²) in [7, 11) is 0. The number of aliphatic hydroxyl groups excluding tert-OH is 1. The van der Waals surface area contributed by atoms with Crippen molar-refractivity contribution < 1.29 is 13.9 Å². The molecule has 1 N–H and O–H groups in total. The van der Waals surface area contributed by atoms with E-state index in [-0.39, 0.29) is 11.3 Å². The van der Waals surface area contributed by atoms with Crippen molar-refractivity contribution in [3.05, 3.63) is 77.9 Å². The van der Waals surface area contributed by atoms with E-state index in [1.165, 1.54) is 6.07 Å². The molecular formula is C19H14F2O. The molecule has 0 amide bonds. The first-order chi connectivity index (χ1) is 10.6. The average Bonchev–Trinajstić information content (AvgIpc) is 2.55. The number of allylic oxidation sites excluding steroid dienone is 1. The second-order valence-electron chi connectivity index (χ2n) is 5.02. The molecule has 0 fully saturated rings. The molecule has 3 aromatic rings. The van der Waals surface area contributed by atoms with E-state index in [2.05, 4.69) is 0 Å². The van der Waals surface area contributed by atoms with Gasteiger partial charge in [0.05, 0.1) is 0 Å². The van der Waals surface area contributed by atoms with Gasteiger partial charge in [0.15, 0.2) is 11.6 Å². The Balaban J connectivity index is 2.32. The molecule has 1 nitrogen and oxygen atoms in total. The maximum absolute atomic E-state index is 14.1. The Bertz CT molecular complexity index is 882. The van der Waals surface area contributed by atoms with Crippen LogP contribution in [0.4, 0.5) is 8.78 Å². The summed E-state index contributed by atoms with van der Waals surface area (Å²) in [6.07, 6.45) is 1.59. The summed E-state index contributed by atoms with van der Waals surface area (Å²) in [4.78, 5) is 0. The van der Waals surface area contributed by atoms with E-state index in [9.17, 15) is 13.9 Å². The molecule has 110 valence electrons. The van der Waals surface area contributed by atoms with E-state index in [4.69, 9.17) is 0 Å². The van der Waals surface area contributed by atoms with Crippen molar-refractivity contribution in [3.8, 4) is 11.1 Å². The van der Waals surface area contributed by atoms with Gasteiger partial charge >= 0.3 is 0 Å². The lowest BCUT2D eigenvalue weighted by atomic mass is 9.96. The molecule has 0 spiro atoms. The summed E-state index contributed by atoms with van der Waals surface area (Å²) in [5.74, 6) is -1.59. The van der Waals surface area contributed by atoms with Gasteiger partial charge in [-0.05, 0) is 41.5 Å². The Morgan fingerprint density at radius 1 is 0.955 bits per heavy atom. The van der Waals surface area contributed by atoms with Gasteiger partial charge in [-0.25, -0.2) is 8.78 Å². The fourth-order valence-electron chi connectivity index (χ4n) is 2.55. The van der Waals surface area contributed by atoms with Crippen molar-refractivity contribution >= 4 is 16.5 Å². The summed E-state index contributed by atoms with van der Waals surface area (Å²) >= 11 is 0. The third-order valence-corrected chi connectivity index (χ3v) is 3.69. The smallest absolute Gasteiger partial charge is 0.166 e. The molecule has 0 saturated heterocycles. The number of rotatable bonds is 2. The van der Waals surface area contributed by atoms with Gasteiger partial charge in [0.1, 0.15) is 5.76 Å². The van der Waals surface area contributed by atoms with E-state index >= 15 is 0 Å². The molecule has 0 saturated carbocycles. The van der Waals surface area contributed by atoms with Crippen LogP contribution in [-0.2, 0) is 0 Å². The van der Waals surface area contributed by atoms with Gasteiger partial charge in [0.25, 0.3) is 0 Å². The maximum atomic E-state index is 14.1. The summed E-state index contributed by atoms with van der Waals surface area (Å²) in [5.41, 5.74) is 1.45. The van der Waals surface area contributed by atoms with Gasteiger partial charge in [-0.2, -0.15) is 0 Å². The van der Waals surface area contributed by atoms with Crippen LogP contribution in [0.5, 0.6) is 0 Å². The summed E-state index contributed by atoms with van der Waals surface area (Å²) in [5, 5.41) is 11.5. The number of halogens is 2. The van der Waals surface area contributed by atoms with Crippen molar-refractivity contribution in [1.29, 1.82) is 0 Å². The lowest BCUT2D eigenvalue weighted by Crippen LogP contribution is -1.91. The topological polar surface area (TPSA) is 20.2 Å². The third-order valence-electron chi connectivity index (χ3n) is 3.69. The minimum Gasteiger partial charge on any atom is -0.508 e. The Labute approximate surface area is 127 Å². The van der Waals surface area contributed by atoms with Crippen molar-refractivity contribution in [1.82, 2.24) is 0 Å². The van der Waals surface area contributed by atoms with Gasteiger partial charge in [-0.1, -0.05) is 42.5 Å². The number of hydrogen-bond acceptors (Lipinski definition) is 1. The first kappa shape index (κ1) is 14.3. The molecule has 0 unspecified atom stereocenters. The highest BCUT2D eigenvalue weighted by Crippen LogP contribution is 2.32. The predicted molar refractivity (Wildman–Crippen MR) is 85.6 cm³/mol. The summed E-state index contributed by atoms with van der Waals surface area (Å²) in [6.45, 7) is 1.73. The second-order valence-corrected chi connectivity index (χ2v) is 5.02. The molecule has 3 heteroatoms. The highest BCUT2D eigenvalue weighted by molar-refractivity contribution is 5.98. The third kappa shape index (κ3) is 2.35. The van der Waals surface area contributed by atoms with Crippen LogP contribution >= 0.6 is 0 Å². The molecule has 3 aromatic carbocycles. The van der Waals surface area contributed by atoms with Crippen LogP contribution in [0.15, 0.2) is 60.7 Å². The van der Waals surface area contributed by atoms with Crippen LogP contribution in [-0.4, -0.2) is 5.11 Å². The first-order valence-electron chi connectivity index (χ1n) is 6.94. The number of benzene rings is 3. The normalized spacial score (nSPS) is 11.9. The summed E-state index contributed by atoms with van der Waals surface area (Å²) in [6, 6.07) is 15.0. The standard InChI is InChI=1S/C19H14F2O/c1-2-18(22)13-10-9-12-5-3-6-14(16(12)11-13)15-7-4-8-17(20)19(15)21/h2-11,22H,1H3. The molecule has 0 aliphatic carbocycles. The van der Waals surface area contributed by atoms with E-state index in [1.54, 1.807) is 43.3 Å². The fraction of sp³-hybridized carbons (Fsp3) is 0.0526. The summed E-state index contributed by atoms with van der Waals surface area (Å²) < 4.78 is 27.6. The highest BCUT2D eigenvalue weighted by Gasteiger charge is 2.12. The predicted octanol–water partition coefficient (Wildman–Crippen LogP) is 5.70. The zero-order chi connectivity index (χ0) is 15.7. The maximum Gasteiger partial charge on any atom is 0.166 e. The van der Waals surface area contributed by atoms with Gasteiger partial charge in [0, 0.05) is 11.1 Å². The van der Waals surface area contributed by atoms with E-state index in [0.29, 0.717) is 11.1 Å². The molecular weight excluding hydrogens is 282 g/mol. The lowest BCUT2D eigenvalue weighted by Gasteiger charge is -2.10. The quantitative estimate of drug-likeness (QED) is 0.601. The first-order valence-corrected chi connectivity index (χ1v) is 6.94. The molecule has 3 rings (SSSR count). The van der Waals surface area contributed by atoms with E-state index in [1.807, 2.05) is 12.1 Å². The van der Waals surface area contributed by atoms with Gasteiger partial charge < -0.3 is 5.11 Å². The minimum absolute atomic E-state index is 0.149. The second kappa shape index (κ2) is 5.60.